The number of halogens is 4. The molecule has 0 spiro atoms. The first-order valence-electron chi connectivity index (χ1n) is 5.96. The molecule has 4 nitrogen and oxygen atoms in total. The molecule has 1 N–H and O–H groups in total. The zero-order valence-corrected chi connectivity index (χ0v) is 12.4. The zero-order valence-electron chi connectivity index (χ0n) is 10.9. The van der Waals surface area contributed by atoms with Crippen LogP contribution in [0.2, 0.25) is 0 Å². The predicted molar refractivity (Wildman–Crippen MR) is 74.7 cm³/mol. The average molecular weight is 362 g/mol. The van der Waals surface area contributed by atoms with Crippen molar-refractivity contribution in [1.29, 1.82) is 0 Å². The molecule has 2 aromatic rings. The van der Waals surface area contributed by atoms with Crippen LogP contribution in [0.1, 0.15) is 18.5 Å². The first-order valence-corrected chi connectivity index (χ1v) is 6.75. The summed E-state index contributed by atoms with van der Waals surface area (Å²) >= 11 is 3.12. The number of hydrogen-bond donors (Lipinski definition) is 1. The molecule has 1 atom stereocenters. The van der Waals surface area contributed by atoms with Crippen molar-refractivity contribution in [2.45, 2.75) is 19.1 Å². The van der Waals surface area contributed by atoms with Gasteiger partial charge in [-0.2, -0.15) is 18.3 Å². The Morgan fingerprint density at radius 2 is 2.14 bits per heavy atom. The van der Waals surface area contributed by atoms with Crippen molar-refractivity contribution in [2.24, 2.45) is 0 Å². The summed E-state index contributed by atoms with van der Waals surface area (Å²) < 4.78 is 39.8. The van der Waals surface area contributed by atoms with Crippen LogP contribution in [0.25, 0.3) is 0 Å². The van der Waals surface area contributed by atoms with Crippen LogP contribution in [0.15, 0.2) is 41.1 Å². The molecule has 0 bridgehead atoms. The quantitative estimate of drug-likeness (QED) is 0.901. The van der Waals surface area contributed by atoms with Crippen LogP contribution >= 0.6 is 15.9 Å². The van der Waals surface area contributed by atoms with Gasteiger partial charge in [-0.1, -0.05) is 0 Å². The van der Waals surface area contributed by atoms with Crippen molar-refractivity contribution < 1.29 is 18.0 Å². The number of anilines is 1. The fraction of sp³-hybridized carbons (Fsp3) is 0.231. The third-order valence-electron chi connectivity index (χ3n) is 2.85. The van der Waals surface area contributed by atoms with Gasteiger partial charge in [0.25, 0.3) is 0 Å². The Hall–Kier alpha value is -1.83. The Balaban J connectivity index is 2.21. The Morgan fingerprint density at radius 3 is 2.71 bits per heavy atom. The highest BCUT2D eigenvalue weighted by Crippen LogP contribution is 2.34. The lowest BCUT2D eigenvalue weighted by Gasteiger charge is -2.15. The van der Waals surface area contributed by atoms with Crippen molar-refractivity contribution in [1.82, 2.24) is 9.78 Å². The molecule has 0 saturated carbocycles. The van der Waals surface area contributed by atoms with E-state index in [1.54, 1.807) is 19.2 Å². The standard InChI is InChI=1S/C13H11BrF3N3O/c1-8(20-6-2-5-18-20)12(21)19-11-7-9(13(15,16)17)3-4-10(11)14/h2-8H,1H3,(H,19,21). The third-order valence-corrected chi connectivity index (χ3v) is 3.54. The van der Waals surface area contributed by atoms with Crippen LogP contribution in [-0.2, 0) is 11.0 Å². The Morgan fingerprint density at radius 1 is 1.43 bits per heavy atom. The number of hydrogen-bond acceptors (Lipinski definition) is 2. The summed E-state index contributed by atoms with van der Waals surface area (Å²) in [6, 6.07) is 4.09. The van der Waals surface area contributed by atoms with Gasteiger partial charge in [-0.15, -0.1) is 0 Å². The van der Waals surface area contributed by atoms with Crippen molar-refractivity contribution in [3.8, 4) is 0 Å². The lowest BCUT2D eigenvalue weighted by Crippen LogP contribution is -2.24. The van der Waals surface area contributed by atoms with Gasteiger partial charge in [0.05, 0.1) is 11.3 Å². The van der Waals surface area contributed by atoms with E-state index >= 15 is 0 Å². The van der Waals surface area contributed by atoms with Gasteiger partial charge >= 0.3 is 6.18 Å². The number of aromatic nitrogens is 2. The molecule has 0 aliphatic carbocycles. The highest BCUT2D eigenvalue weighted by atomic mass is 79.9. The molecule has 112 valence electrons. The number of carbonyl (C=O) groups is 1. The number of rotatable bonds is 3. The van der Waals surface area contributed by atoms with E-state index in [-0.39, 0.29) is 5.69 Å². The summed E-state index contributed by atoms with van der Waals surface area (Å²) in [4.78, 5) is 12.1. The number of alkyl halides is 3. The fourth-order valence-electron chi connectivity index (χ4n) is 1.66. The van der Waals surface area contributed by atoms with Gasteiger partial charge < -0.3 is 5.32 Å². The Kier molecular flexibility index (Phi) is 4.36. The highest BCUT2D eigenvalue weighted by molar-refractivity contribution is 9.10. The molecule has 0 saturated heterocycles. The van der Waals surface area contributed by atoms with Gasteiger partial charge in [0.15, 0.2) is 0 Å². The average Bonchev–Trinajstić information content (AvgIpc) is 2.92. The molecule has 8 heteroatoms. The van der Waals surface area contributed by atoms with Crippen molar-refractivity contribution >= 4 is 27.5 Å². The number of nitrogens with zero attached hydrogens (tertiary/aromatic N) is 2. The molecule has 1 heterocycles. The maximum Gasteiger partial charge on any atom is 0.416 e. The van der Waals surface area contributed by atoms with Crippen LogP contribution in [0.4, 0.5) is 18.9 Å². The van der Waals surface area contributed by atoms with Gasteiger partial charge in [0.1, 0.15) is 6.04 Å². The van der Waals surface area contributed by atoms with Crippen LogP contribution in [0.3, 0.4) is 0 Å². The Labute approximate surface area is 127 Å². The fourth-order valence-corrected chi connectivity index (χ4v) is 2.01. The summed E-state index contributed by atoms with van der Waals surface area (Å²) in [6.45, 7) is 1.60. The van der Waals surface area contributed by atoms with Crippen LogP contribution in [0, 0.1) is 0 Å². The molecule has 2 rings (SSSR count). The van der Waals surface area contributed by atoms with E-state index in [1.165, 1.54) is 16.9 Å². The van der Waals surface area contributed by atoms with E-state index in [1.807, 2.05) is 0 Å². The molecule has 1 unspecified atom stereocenters. The maximum absolute atomic E-state index is 12.7. The SMILES string of the molecule is CC(C(=O)Nc1cc(C(F)(F)F)ccc1Br)n1cccn1. The van der Waals surface area contributed by atoms with Crippen molar-refractivity contribution in [3.05, 3.63) is 46.7 Å². The molecule has 0 aliphatic rings. The van der Waals surface area contributed by atoms with Crippen molar-refractivity contribution in [2.75, 3.05) is 5.32 Å². The van der Waals surface area contributed by atoms with E-state index in [4.69, 9.17) is 0 Å². The number of amides is 1. The maximum atomic E-state index is 12.7. The predicted octanol–water partition coefficient (Wildman–Crippen LogP) is 3.86. The van der Waals surface area contributed by atoms with Gasteiger partial charge in [0, 0.05) is 16.9 Å². The summed E-state index contributed by atoms with van der Waals surface area (Å²) in [6.07, 6.45) is -1.34. The van der Waals surface area contributed by atoms with Crippen LogP contribution in [0.5, 0.6) is 0 Å². The molecule has 0 radical (unpaired) electrons. The Bertz CT molecular complexity index is 641. The number of nitrogens with one attached hydrogen (secondary N) is 1. The second-order valence-corrected chi connectivity index (χ2v) is 5.20. The molecule has 1 amide bonds. The van der Waals surface area contributed by atoms with E-state index < -0.39 is 23.7 Å². The third kappa shape index (κ3) is 3.63. The van der Waals surface area contributed by atoms with Crippen molar-refractivity contribution in [3.63, 3.8) is 0 Å². The van der Waals surface area contributed by atoms with E-state index in [2.05, 4.69) is 26.3 Å². The molecule has 0 aliphatic heterocycles. The van der Waals surface area contributed by atoms with Gasteiger partial charge in [-0.3, -0.25) is 9.48 Å². The van der Waals surface area contributed by atoms with Crippen LogP contribution < -0.4 is 5.32 Å². The topological polar surface area (TPSA) is 46.9 Å². The lowest BCUT2D eigenvalue weighted by molar-refractivity contribution is -0.137. The molecule has 21 heavy (non-hydrogen) atoms. The molecule has 1 aromatic carbocycles. The summed E-state index contributed by atoms with van der Waals surface area (Å²) in [5.41, 5.74) is -0.762. The van der Waals surface area contributed by atoms with E-state index in [9.17, 15) is 18.0 Å². The molecular formula is C13H11BrF3N3O. The zero-order chi connectivity index (χ0) is 15.6. The second kappa shape index (κ2) is 5.88. The molecule has 1 aromatic heterocycles. The monoisotopic (exact) mass is 361 g/mol. The smallest absolute Gasteiger partial charge is 0.323 e. The number of benzene rings is 1. The first kappa shape index (κ1) is 15.6. The minimum absolute atomic E-state index is 0.0637. The first-order chi connectivity index (χ1) is 9.79. The van der Waals surface area contributed by atoms with Gasteiger partial charge in [-0.25, -0.2) is 0 Å². The largest absolute Gasteiger partial charge is 0.416 e. The second-order valence-electron chi connectivity index (χ2n) is 4.34. The number of carbonyl (C=O) groups excluding carboxylic acids is 1. The van der Waals surface area contributed by atoms with Crippen LogP contribution in [-0.4, -0.2) is 15.7 Å². The normalized spacial score (nSPS) is 13.0. The molecule has 0 fully saturated rings. The lowest BCUT2D eigenvalue weighted by atomic mass is 10.2. The van der Waals surface area contributed by atoms with Gasteiger partial charge in [0.2, 0.25) is 5.91 Å². The van der Waals surface area contributed by atoms with E-state index in [0.29, 0.717) is 4.47 Å². The summed E-state index contributed by atoms with van der Waals surface area (Å²) in [5, 5.41) is 6.39. The summed E-state index contributed by atoms with van der Waals surface area (Å²) in [5.74, 6) is -0.460. The molecular weight excluding hydrogens is 351 g/mol. The summed E-state index contributed by atoms with van der Waals surface area (Å²) in [7, 11) is 0. The minimum atomic E-state index is -4.46. The highest BCUT2D eigenvalue weighted by Gasteiger charge is 2.31. The van der Waals surface area contributed by atoms with Gasteiger partial charge in [-0.05, 0) is 47.1 Å². The minimum Gasteiger partial charge on any atom is -0.323 e. The van der Waals surface area contributed by atoms with E-state index in [0.717, 1.165) is 12.1 Å².